The number of rotatable bonds is 4. The number of aryl methyl sites for hydroxylation is 1. The van der Waals surface area contributed by atoms with Crippen LogP contribution in [-0.2, 0) is 14.6 Å². The third kappa shape index (κ3) is 3.79. The van der Waals surface area contributed by atoms with E-state index >= 15 is 0 Å². The van der Waals surface area contributed by atoms with E-state index in [1.807, 2.05) is 0 Å². The van der Waals surface area contributed by atoms with Crippen LogP contribution in [0, 0.1) is 6.92 Å². The molecule has 0 spiro atoms. The van der Waals surface area contributed by atoms with Gasteiger partial charge in [0.1, 0.15) is 16.3 Å². The van der Waals surface area contributed by atoms with E-state index in [-0.39, 0.29) is 16.3 Å². The number of sulfone groups is 1. The number of nitrogens with one attached hydrogen (secondary N) is 1. The highest BCUT2D eigenvalue weighted by molar-refractivity contribution is 7.91. The zero-order chi connectivity index (χ0) is 13.2. The molecule has 7 nitrogen and oxygen atoms in total. The average molecular weight is 278 g/mol. The van der Waals surface area contributed by atoms with Gasteiger partial charge in [-0.25, -0.2) is 13.2 Å². The molecule has 0 saturated carbocycles. The first kappa shape index (κ1) is 13.6. The van der Waals surface area contributed by atoms with E-state index in [4.69, 9.17) is 5.11 Å². The Morgan fingerprint density at radius 1 is 1.47 bits per heavy atom. The first-order valence-electron chi connectivity index (χ1n) is 4.38. The van der Waals surface area contributed by atoms with Crippen LogP contribution in [0.4, 0.5) is 5.00 Å². The Morgan fingerprint density at radius 3 is 2.53 bits per heavy atom. The molecule has 1 rings (SSSR count). The molecule has 9 heteroatoms. The van der Waals surface area contributed by atoms with E-state index in [2.05, 4.69) is 9.69 Å². The molecule has 0 aliphatic heterocycles. The summed E-state index contributed by atoms with van der Waals surface area (Å²) in [6, 6.07) is 0. The number of hydrogen-bond donors (Lipinski definition) is 2. The predicted octanol–water partition coefficient (Wildman–Crippen LogP) is 0.133. The molecule has 1 aromatic heterocycles. The Hall–Kier alpha value is -1.48. The van der Waals surface area contributed by atoms with Crippen molar-refractivity contribution in [2.45, 2.75) is 6.92 Å². The maximum atomic E-state index is 11.3. The summed E-state index contributed by atoms with van der Waals surface area (Å²) < 4.78 is 25.5. The van der Waals surface area contributed by atoms with Crippen LogP contribution in [-0.4, -0.2) is 41.8 Å². The summed E-state index contributed by atoms with van der Waals surface area (Å²) in [6.07, 6.45) is 0.919. The number of amides is 1. The first-order valence-corrected chi connectivity index (χ1v) is 7.21. The molecule has 2 N–H and O–H groups in total. The van der Waals surface area contributed by atoms with Crippen molar-refractivity contribution in [3.63, 3.8) is 0 Å². The molecule has 1 heterocycles. The molecule has 0 aliphatic carbocycles. The highest BCUT2D eigenvalue weighted by Gasteiger charge is 2.20. The maximum Gasteiger partial charge on any atom is 0.340 e. The van der Waals surface area contributed by atoms with Crippen LogP contribution < -0.4 is 5.32 Å². The topological polar surface area (TPSA) is 113 Å². The second-order valence-corrected chi connectivity index (χ2v) is 6.31. The molecule has 0 bridgehead atoms. The summed E-state index contributed by atoms with van der Waals surface area (Å²) in [6.45, 7) is 1.49. The third-order valence-electron chi connectivity index (χ3n) is 1.72. The SMILES string of the molecule is Cc1nsc(NC(=O)CS(C)(=O)=O)c1C(=O)O. The summed E-state index contributed by atoms with van der Waals surface area (Å²) in [5, 5.41) is 11.1. The van der Waals surface area contributed by atoms with Crippen LogP contribution in [0.25, 0.3) is 0 Å². The highest BCUT2D eigenvalue weighted by Crippen LogP contribution is 2.24. The van der Waals surface area contributed by atoms with Crippen LogP contribution in [0.15, 0.2) is 0 Å². The van der Waals surface area contributed by atoms with Crippen LogP contribution in [0.3, 0.4) is 0 Å². The molecular formula is C8H10N2O5S2. The van der Waals surface area contributed by atoms with E-state index < -0.39 is 27.5 Å². The van der Waals surface area contributed by atoms with E-state index in [9.17, 15) is 18.0 Å². The Labute approximate surface area is 102 Å². The number of hydrogen-bond acceptors (Lipinski definition) is 6. The predicted molar refractivity (Wildman–Crippen MR) is 62.2 cm³/mol. The summed E-state index contributed by atoms with van der Waals surface area (Å²) in [7, 11) is -3.44. The van der Waals surface area contributed by atoms with Crippen molar-refractivity contribution >= 4 is 38.2 Å². The monoisotopic (exact) mass is 278 g/mol. The Balaban J connectivity index is 2.90. The van der Waals surface area contributed by atoms with Gasteiger partial charge in [-0.2, -0.15) is 4.37 Å². The van der Waals surface area contributed by atoms with Gasteiger partial charge in [0.15, 0.2) is 9.84 Å². The van der Waals surface area contributed by atoms with E-state index in [1.165, 1.54) is 6.92 Å². The molecule has 0 saturated heterocycles. The molecule has 17 heavy (non-hydrogen) atoms. The molecule has 0 radical (unpaired) electrons. The normalized spacial score (nSPS) is 11.2. The lowest BCUT2D eigenvalue weighted by Gasteiger charge is -2.02. The van der Waals surface area contributed by atoms with Crippen LogP contribution in [0.5, 0.6) is 0 Å². The summed E-state index contributed by atoms with van der Waals surface area (Å²) in [4.78, 5) is 22.2. The second kappa shape index (κ2) is 4.80. The van der Waals surface area contributed by atoms with Crippen molar-refractivity contribution in [3.05, 3.63) is 11.3 Å². The molecule has 1 aromatic rings. The number of carbonyl (C=O) groups is 2. The lowest BCUT2D eigenvalue weighted by atomic mass is 10.2. The largest absolute Gasteiger partial charge is 0.478 e. The molecule has 0 unspecified atom stereocenters. The summed E-state index contributed by atoms with van der Waals surface area (Å²) in [5.74, 6) is -2.69. The molecule has 0 aliphatic rings. The van der Waals surface area contributed by atoms with Crippen molar-refractivity contribution in [1.29, 1.82) is 0 Å². The van der Waals surface area contributed by atoms with Crippen LogP contribution >= 0.6 is 11.5 Å². The first-order chi connectivity index (χ1) is 7.70. The van der Waals surface area contributed by atoms with Crippen molar-refractivity contribution < 1.29 is 23.1 Å². The second-order valence-electron chi connectivity index (χ2n) is 3.40. The van der Waals surface area contributed by atoms with Crippen molar-refractivity contribution in [3.8, 4) is 0 Å². The fourth-order valence-corrected chi connectivity index (χ4v) is 2.46. The van der Waals surface area contributed by atoms with Crippen LogP contribution in [0.1, 0.15) is 16.1 Å². The van der Waals surface area contributed by atoms with Crippen molar-refractivity contribution in [2.24, 2.45) is 0 Å². The average Bonchev–Trinajstić information content (AvgIpc) is 2.42. The molecule has 0 aromatic carbocycles. The fourth-order valence-electron chi connectivity index (χ4n) is 1.11. The number of anilines is 1. The molecule has 0 fully saturated rings. The van der Waals surface area contributed by atoms with Gasteiger partial charge in [0.2, 0.25) is 5.91 Å². The minimum absolute atomic E-state index is 0.0450. The third-order valence-corrected chi connectivity index (χ3v) is 3.36. The highest BCUT2D eigenvalue weighted by atomic mass is 32.2. The zero-order valence-corrected chi connectivity index (χ0v) is 10.7. The lowest BCUT2D eigenvalue weighted by molar-refractivity contribution is -0.113. The van der Waals surface area contributed by atoms with Gasteiger partial charge in [-0.1, -0.05) is 0 Å². The quantitative estimate of drug-likeness (QED) is 0.809. The number of aromatic nitrogens is 1. The van der Waals surface area contributed by atoms with Gasteiger partial charge in [-0.15, -0.1) is 0 Å². The molecule has 0 atom stereocenters. The summed E-state index contributed by atoms with van der Waals surface area (Å²) >= 11 is 0.801. The van der Waals surface area contributed by atoms with Gasteiger partial charge in [-0.3, -0.25) is 4.79 Å². The van der Waals surface area contributed by atoms with E-state index in [0.717, 1.165) is 17.8 Å². The van der Waals surface area contributed by atoms with Gasteiger partial charge in [0, 0.05) is 6.26 Å². The number of aromatic carboxylic acids is 1. The molecular weight excluding hydrogens is 268 g/mol. The minimum Gasteiger partial charge on any atom is -0.478 e. The Kier molecular flexibility index (Phi) is 3.83. The molecule has 94 valence electrons. The van der Waals surface area contributed by atoms with Crippen LogP contribution in [0.2, 0.25) is 0 Å². The standard InChI is InChI=1S/C8H10N2O5S2/c1-4-6(8(12)13)7(16-10-4)9-5(11)3-17(2,14)15/h3H2,1-2H3,(H,9,11)(H,12,13). The Morgan fingerprint density at radius 2 is 2.06 bits per heavy atom. The van der Waals surface area contributed by atoms with Gasteiger partial charge < -0.3 is 10.4 Å². The number of carboxylic acids is 1. The van der Waals surface area contributed by atoms with Gasteiger partial charge in [0.25, 0.3) is 0 Å². The van der Waals surface area contributed by atoms with Gasteiger partial charge >= 0.3 is 5.97 Å². The number of carboxylic acid groups (broad SMARTS) is 1. The van der Waals surface area contributed by atoms with Crippen molar-refractivity contribution in [2.75, 3.05) is 17.3 Å². The van der Waals surface area contributed by atoms with Crippen molar-refractivity contribution in [1.82, 2.24) is 4.37 Å². The Bertz CT molecular complexity index is 560. The number of nitrogens with zero attached hydrogens (tertiary/aromatic N) is 1. The lowest BCUT2D eigenvalue weighted by Crippen LogP contribution is -2.22. The molecule has 1 amide bonds. The smallest absolute Gasteiger partial charge is 0.340 e. The van der Waals surface area contributed by atoms with E-state index in [1.54, 1.807) is 0 Å². The zero-order valence-electron chi connectivity index (χ0n) is 9.05. The number of carbonyl (C=O) groups excluding carboxylic acids is 1. The van der Waals surface area contributed by atoms with Gasteiger partial charge in [0.05, 0.1) is 5.69 Å². The minimum atomic E-state index is -3.44. The fraction of sp³-hybridized carbons (Fsp3) is 0.375. The summed E-state index contributed by atoms with van der Waals surface area (Å²) in [5.41, 5.74) is 0.161. The van der Waals surface area contributed by atoms with E-state index in [0.29, 0.717) is 0 Å². The van der Waals surface area contributed by atoms with Gasteiger partial charge in [-0.05, 0) is 18.5 Å². The maximum absolute atomic E-state index is 11.3.